The van der Waals surface area contributed by atoms with E-state index in [9.17, 15) is 4.79 Å². The van der Waals surface area contributed by atoms with E-state index in [0.29, 0.717) is 24.8 Å². The molecule has 22 heavy (non-hydrogen) atoms. The molecule has 3 rings (SSSR count). The first-order valence-electron chi connectivity index (χ1n) is 7.18. The molecule has 0 aliphatic carbocycles. The molecule has 1 N–H and O–H groups in total. The second-order valence-electron chi connectivity index (χ2n) is 5.28. The lowest BCUT2D eigenvalue weighted by Crippen LogP contribution is -2.34. The molecule has 1 saturated heterocycles. The van der Waals surface area contributed by atoms with E-state index in [0.717, 1.165) is 17.1 Å². The molecule has 2 aromatic heterocycles. The molecule has 6 nitrogen and oxygen atoms in total. The van der Waals surface area contributed by atoms with Crippen LogP contribution < -0.4 is 10.1 Å². The molecule has 0 saturated carbocycles. The van der Waals surface area contributed by atoms with Gasteiger partial charge in [0, 0.05) is 24.7 Å². The summed E-state index contributed by atoms with van der Waals surface area (Å²) in [4.78, 5) is 22.4. The number of rotatable bonds is 3. The zero-order valence-corrected chi connectivity index (χ0v) is 13.4. The number of likely N-dealkylation sites (tertiary alicyclic amines) is 1. The Balaban J connectivity index is 1.56. The van der Waals surface area contributed by atoms with Gasteiger partial charge in [-0.15, -0.1) is 11.3 Å². The number of thiophene rings is 1. The number of nitrogens with zero attached hydrogens (tertiary/aromatic N) is 3. The molecule has 0 aromatic carbocycles. The average Bonchev–Trinajstić information content (AvgIpc) is 3.09. The van der Waals surface area contributed by atoms with Gasteiger partial charge >= 0.3 is 6.03 Å². The molecule has 0 unspecified atom stereocenters. The lowest BCUT2D eigenvalue weighted by molar-refractivity contribution is 0.189. The highest BCUT2D eigenvalue weighted by molar-refractivity contribution is 7.14. The van der Waals surface area contributed by atoms with Crippen LogP contribution in [0.2, 0.25) is 0 Å². The lowest BCUT2D eigenvalue weighted by Gasteiger charge is -2.17. The van der Waals surface area contributed by atoms with E-state index in [1.807, 2.05) is 37.4 Å². The summed E-state index contributed by atoms with van der Waals surface area (Å²) < 4.78 is 5.88. The first kappa shape index (κ1) is 14.8. The number of urea groups is 1. The fourth-order valence-electron chi connectivity index (χ4n) is 2.46. The number of ether oxygens (including phenoxy) is 1. The van der Waals surface area contributed by atoms with Crippen LogP contribution in [0.15, 0.2) is 23.6 Å². The molecule has 0 bridgehead atoms. The third kappa shape index (κ3) is 3.54. The van der Waals surface area contributed by atoms with E-state index in [1.54, 1.807) is 4.90 Å². The maximum Gasteiger partial charge on any atom is 0.322 e. The Morgan fingerprint density at radius 3 is 3.05 bits per heavy atom. The topological polar surface area (TPSA) is 67.3 Å². The zero-order valence-electron chi connectivity index (χ0n) is 12.6. The van der Waals surface area contributed by atoms with Crippen molar-refractivity contribution < 1.29 is 9.53 Å². The summed E-state index contributed by atoms with van der Waals surface area (Å²) in [7, 11) is 0. The summed E-state index contributed by atoms with van der Waals surface area (Å²) in [6, 6.07) is 5.54. The van der Waals surface area contributed by atoms with Crippen LogP contribution in [0.3, 0.4) is 0 Å². The predicted molar refractivity (Wildman–Crippen MR) is 85.4 cm³/mol. The van der Waals surface area contributed by atoms with E-state index >= 15 is 0 Å². The van der Waals surface area contributed by atoms with Gasteiger partial charge in [0.25, 0.3) is 0 Å². The van der Waals surface area contributed by atoms with Crippen molar-refractivity contribution in [1.29, 1.82) is 0 Å². The first-order valence-corrected chi connectivity index (χ1v) is 8.06. The van der Waals surface area contributed by atoms with Crippen molar-refractivity contribution in [1.82, 2.24) is 14.9 Å². The van der Waals surface area contributed by atoms with Gasteiger partial charge in [-0.3, -0.25) is 5.32 Å². The fraction of sp³-hybridized carbons (Fsp3) is 0.400. The normalized spacial score (nSPS) is 17.5. The second-order valence-corrected chi connectivity index (χ2v) is 6.22. The molecule has 3 heterocycles. The van der Waals surface area contributed by atoms with Crippen LogP contribution in [0.25, 0.3) is 0 Å². The van der Waals surface area contributed by atoms with Crippen molar-refractivity contribution in [2.24, 2.45) is 0 Å². The molecular formula is C15H18N4O2S. The van der Waals surface area contributed by atoms with Crippen molar-refractivity contribution in [3.63, 3.8) is 0 Å². The van der Waals surface area contributed by atoms with Gasteiger partial charge in [0.05, 0.1) is 11.5 Å². The number of aryl methyl sites for hydroxylation is 2. The minimum absolute atomic E-state index is 0.0252. The average molecular weight is 318 g/mol. The highest BCUT2D eigenvalue weighted by atomic mass is 32.1. The fourth-order valence-corrected chi connectivity index (χ4v) is 3.06. The summed E-state index contributed by atoms with van der Waals surface area (Å²) in [5.74, 6) is 1.27. The van der Waals surface area contributed by atoms with Gasteiger partial charge in [-0.1, -0.05) is 0 Å². The van der Waals surface area contributed by atoms with Gasteiger partial charge in [0.2, 0.25) is 5.88 Å². The molecule has 2 aromatic rings. The number of nitrogens with one attached hydrogen (secondary N) is 1. The largest absolute Gasteiger partial charge is 0.472 e. The Morgan fingerprint density at radius 2 is 2.32 bits per heavy atom. The summed E-state index contributed by atoms with van der Waals surface area (Å²) in [6.45, 7) is 5.01. The van der Waals surface area contributed by atoms with Gasteiger partial charge < -0.3 is 9.64 Å². The van der Waals surface area contributed by atoms with E-state index in [-0.39, 0.29) is 12.1 Å². The van der Waals surface area contributed by atoms with Gasteiger partial charge in [-0.25, -0.2) is 9.78 Å². The van der Waals surface area contributed by atoms with Gasteiger partial charge in [-0.2, -0.15) is 4.98 Å². The third-order valence-electron chi connectivity index (χ3n) is 3.41. The van der Waals surface area contributed by atoms with Crippen LogP contribution in [0.5, 0.6) is 5.88 Å². The molecule has 2 amide bonds. The highest BCUT2D eigenvalue weighted by Gasteiger charge is 2.28. The van der Waals surface area contributed by atoms with Crippen molar-refractivity contribution in [3.8, 4) is 5.88 Å². The van der Waals surface area contributed by atoms with E-state index < -0.39 is 0 Å². The summed E-state index contributed by atoms with van der Waals surface area (Å²) in [5, 5.41) is 5.68. The molecule has 1 aliphatic rings. The standard InChI is InChI=1S/C15H18N4O2S/c1-10-8-13(17-11(2)16-10)21-12-5-6-19(9-12)15(20)18-14-4-3-7-22-14/h3-4,7-8,12H,5-6,9H2,1-2H3,(H,18,20)/t12-/m1/s1. The summed E-state index contributed by atoms with van der Waals surface area (Å²) >= 11 is 1.51. The molecule has 1 aliphatic heterocycles. The second kappa shape index (κ2) is 6.31. The number of aromatic nitrogens is 2. The quantitative estimate of drug-likeness (QED) is 0.945. The summed E-state index contributed by atoms with van der Waals surface area (Å²) in [6.07, 6.45) is 0.780. The smallest absolute Gasteiger partial charge is 0.322 e. The minimum Gasteiger partial charge on any atom is -0.472 e. The molecule has 1 atom stereocenters. The zero-order chi connectivity index (χ0) is 15.5. The molecule has 1 fully saturated rings. The van der Waals surface area contributed by atoms with E-state index in [4.69, 9.17) is 4.74 Å². The van der Waals surface area contributed by atoms with Crippen molar-refractivity contribution in [3.05, 3.63) is 35.1 Å². The van der Waals surface area contributed by atoms with Crippen LogP contribution in [0.1, 0.15) is 17.9 Å². The van der Waals surface area contributed by atoms with Crippen LogP contribution in [0.4, 0.5) is 9.80 Å². The number of hydrogen-bond donors (Lipinski definition) is 1. The Morgan fingerprint density at radius 1 is 1.45 bits per heavy atom. The number of amides is 2. The molecule has 0 radical (unpaired) electrons. The van der Waals surface area contributed by atoms with Crippen molar-refractivity contribution in [2.45, 2.75) is 26.4 Å². The van der Waals surface area contributed by atoms with E-state index in [2.05, 4.69) is 15.3 Å². The lowest BCUT2D eigenvalue weighted by atomic mass is 10.3. The Bertz CT molecular complexity index is 639. The number of anilines is 1. The van der Waals surface area contributed by atoms with Crippen LogP contribution >= 0.6 is 11.3 Å². The minimum atomic E-state index is -0.0800. The molecular weight excluding hydrogens is 300 g/mol. The maximum atomic E-state index is 12.2. The number of carbonyl (C=O) groups excluding carboxylic acids is 1. The van der Waals surface area contributed by atoms with Gasteiger partial charge in [0.15, 0.2) is 0 Å². The highest BCUT2D eigenvalue weighted by Crippen LogP contribution is 2.20. The van der Waals surface area contributed by atoms with Crippen molar-refractivity contribution in [2.75, 3.05) is 18.4 Å². The van der Waals surface area contributed by atoms with Crippen LogP contribution in [-0.2, 0) is 0 Å². The summed E-state index contributed by atoms with van der Waals surface area (Å²) in [5.41, 5.74) is 0.882. The van der Waals surface area contributed by atoms with Crippen LogP contribution in [0, 0.1) is 13.8 Å². The third-order valence-corrected chi connectivity index (χ3v) is 4.20. The predicted octanol–water partition coefficient (Wildman–Crippen LogP) is 2.84. The number of hydrogen-bond acceptors (Lipinski definition) is 5. The molecule has 7 heteroatoms. The number of carbonyl (C=O) groups is 1. The SMILES string of the molecule is Cc1cc(O[C@@H]2CCN(C(=O)Nc3cccs3)C2)nc(C)n1. The Hall–Kier alpha value is -2.15. The van der Waals surface area contributed by atoms with Crippen molar-refractivity contribution >= 4 is 22.4 Å². The van der Waals surface area contributed by atoms with Gasteiger partial charge in [0.1, 0.15) is 11.9 Å². The first-order chi connectivity index (χ1) is 10.6. The van der Waals surface area contributed by atoms with Gasteiger partial charge in [-0.05, 0) is 31.4 Å². The molecule has 116 valence electrons. The Labute approximate surface area is 133 Å². The monoisotopic (exact) mass is 318 g/mol. The van der Waals surface area contributed by atoms with Crippen LogP contribution in [-0.4, -0.2) is 40.1 Å². The molecule has 0 spiro atoms. The Kier molecular flexibility index (Phi) is 4.24. The van der Waals surface area contributed by atoms with E-state index in [1.165, 1.54) is 11.3 Å². The maximum absolute atomic E-state index is 12.2.